The van der Waals surface area contributed by atoms with E-state index in [1.165, 1.54) is 5.56 Å². The Hall–Kier alpha value is -3.06. The Kier molecular flexibility index (Phi) is 10.4. The van der Waals surface area contributed by atoms with Crippen LogP contribution in [0.3, 0.4) is 0 Å². The number of aryl methyl sites for hydroxylation is 1. The number of amides is 1. The van der Waals surface area contributed by atoms with E-state index in [9.17, 15) is 4.79 Å². The summed E-state index contributed by atoms with van der Waals surface area (Å²) in [7, 11) is 1.92. The molecule has 0 aliphatic carbocycles. The molecule has 1 aliphatic heterocycles. The number of carbonyl (C=O) groups is 1. The molecule has 1 fully saturated rings. The number of ether oxygens (including phenoxy) is 1. The molecule has 7 nitrogen and oxygen atoms in total. The Bertz CT molecular complexity index is 1030. The summed E-state index contributed by atoms with van der Waals surface area (Å²) in [5, 5.41) is 9.89. The number of nitrogens with zero attached hydrogens (tertiary/aromatic N) is 2. The molecular weight excluding hydrogens is 462 g/mol. The van der Waals surface area contributed by atoms with Gasteiger partial charge in [0.05, 0.1) is 0 Å². The van der Waals surface area contributed by atoms with Gasteiger partial charge in [-0.2, -0.15) is 0 Å². The van der Waals surface area contributed by atoms with Crippen molar-refractivity contribution in [1.29, 1.82) is 0 Å². The van der Waals surface area contributed by atoms with Crippen molar-refractivity contribution in [2.75, 3.05) is 25.5 Å². The van der Waals surface area contributed by atoms with Crippen LogP contribution in [0, 0.1) is 6.92 Å². The Labute approximate surface area is 223 Å². The number of rotatable bonds is 10. The number of benzene rings is 1. The first-order valence-corrected chi connectivity index (χ1v) is 13.5. The highest BCUT2D eigenvalue weighted by Crippen LogP contribution is 2.27. The maximum Gasteiger partial charge on any atom is 0.407 e. The summed E-state index contributed by atoms with van der Waals surface area (Å²) in [5.41, 5.74) is 5.16. The lowest BCUT2D eigenvalue weighted by atomic mass is 10.0. The minimum atomic E-state index is -0.494. The van der Waals surface area contributed by atoms with E-state index in [-0.39, 0.29) is 12.1 Å². The van der Waals surface area contributed by atoms with Gasteiger partial charge in [-0.25, -0.2) is 4.79 Å². The second-order valence-corrected chi connectivity index (χ2v) is 11.0. The van der Waals surface area contributed by atoms with Gasteiger partial charge in [0.15, 0.2) is 0 Å². The standard InChI is InChI=1S/C30H45N5O2/c1-7-26(10-8-14-31-6)33-28-17-23(16-25(18-28)24-13-12-22(2)32-19-24)20-35-15-9-11-27(21-35)34-29(36)37-30(3,4)5/h8,12-14,16-19,26-27,31,33H,7,9-11,15,20-21H2,1-6H3,(H,34,36)/b14-8-/t26?,27-/m0/s1. The molecule has 3 rings (SSSR count). The summed E-state index contributed by atoms with van der Waals surface area (Å²) in [6.45, 7) is 12.5. The topological polar surface area (TPSA) is 78.5 Å². The summed E-state index contributed by atoms with van der Waals surface area (Å²) in [5.74, 6) is 0. The van der Waals surface area contributed by atoms with Crippen LogP contribution in [0.2, 0.25) is 0 Å². The maximum absolute atomic E-state index is 12.3. The second kappa shape index (κ2) is 13.5. The quantitative estimate of drug-likeness (QED) is 0.374. The molecule has 7 heteroatoms. The monoisotopic (exact) mass is 507 g/mol. The van der Waals surface area contributed by atoms with Gasteiger partial charge in [-0.1, -0.05) is 19.1 Å². The smallest absolute Gasteiger partial charge is 0.407 e. The van der Waals surface area contributed by atoms with Crippen LogP contribution in [-0.2, 0) is 11.3 Å². The van der Waals surface area contributed by atoms with Crippen molar-refractivity contribution in [3.05, 3.63) is 60.1 Å². The summed E-state index contributed by atoms with van der Waals surface area (Å²) in [6.07, 6.45) is 9.77. The van der Waals surface area contributed by atoms with E-state index in [1.54, 1.807) is 0 Å². The lowest BCUT2D eigenvalue weighted by Crippen LogP contribution is -2.48. The molecule has 0 saturated carbocycles. The van der Waals surface area contributed by atoms with Crippen molar-refractivity contribution in [2.24, 2.45) is 0 Å². The van der Waals surface area contributed by atoms with Gasteiger partial charge in [-0.15, -0.1) is 0 Å². The Balaban J connectivity index is 1.77. The predicted molar refractivity (Wildman–Crippen MR) is 153 cm³/mol. The molecule has 37 heavy (non-hydrogen) atoms. The van der Waals surface area contributed by atoms with E-state index in [0.29, 0.717) is 6.04 Å². The van der Waals surface area contributed by atoms with Crippen molar-refractivity contribution in [2.45, 2.75) is 84.5 Å². The van der Waals surface area contributed by atoms with E-state index in [2.05, 4.69) is 69.2 Å². The summed E-state index contributed by atoms with van der Waals surface area (Å²) >= 11 is 0. The van der Waals surface area contributed by atoms with Crippen molar-refractivity contribution in [1.82, 2.24) is 20.5 Å². The highest BCUT2D eigenvalue weighted by atomic mass is 16.6. The third kappa shape index (κ3) is 9.73. The Morgan fingerprint density at radius 1 is 1.24 bits per heavy atom. The molecule has 1 aliphatic rings. The predicted octanol–water partition coefficient (Wildman–Crippen LogP) is 5.86. The maximum atomic E-state index is 12.3. The molecule has 2 heterocycles. The first kappa shape index (κ1) is 28.5. The Morgan fingerprint density at radius 3 is 2.73 bits per heavy atom. The van der Waals surface area contributed by atoms with Gasteiger partial charge >= 0.3 is 6.09 Å². The summed E-state index contributed by atoms with van der Waals surface area (Å²) in [4.78, 5) is 19.3. The summed E-state index contributed by atoms with van der Waals surface area (Å²) in [6, 6.07) is 11.4. The third-order valence-corrected chi connectivity index (χ3v) is 6.44. The van der Waals surface area contributed by atoms with Gasteiger partial charge < -0.3 is 20.7 Å². The molecule has 2 aromatic rings. The summed E-state index contributed by atoms with van der Waals surface area (Å²) < 4.78 is 5.47. The minimum absolute atomic E-state index is 0.0918. The van der Waals surface area contributed by atoms with Crippen LogP contribution in [0.15, 0.2) is 48.8 Å². The first-order valence-electron chi connectivity index (χ1n) is 13.5. The zero-order valence-electron chi connectivity index (χ0n) is 23.4. The number of anilines is 1. The van der Waals surface area contributed by atoms with Gasteiger partial charge in [0.25, 0.3) is 0 Å². The number of likely N-dealkylation sites (tertiary alicyclic amines) is 1. The molecular formula is C30H45N5O2. The van der Waals surface area contributed by atoms with Gasteiger partial charge in [0.2, 0.25) is 0 Å². The highest BCUT2D eigenvalue weighted by molar-refractivity contribution is 5.69. The van der Waals surface area contributed by atoms with E-state index in [4.69, 9.17) is 4.74 Å². The largest absolute Gasteiger partial charge is 0.444 e. The fourth-order valence-electron chi connectivity index (χ4n) is 4.63. The number of piperidine rings is 1. The molecule has 1 aromatic carbocycles. The number of aromatic nitrogens is 1. The molecule has 1 amide bonds. The van der Waals surface area contributed by atoms with E-state index in [1.807, 2.05) is 47.1 Å². The average Bonchev–Trinajstić information content (AvgIpc) is 2.83. The van der Waals surface area contributed by atoms with Crippen molar-refractivity contribution in [3.63, 3.8) is 0 Å². The van der Waals surface area contributed by atoms with Gasteiger partial charge in [-0.3, -0.25) is 9.88 Å². The zero-order chi connectivity index (χ0) is 26.8. The van der Waals surface area contributed by atoms with E-state index >= 15 is 0 Å². The number of carbonyl (C=O) groups excluding carboxylic acids is 1. The SMILES string of the molecule is CCC(C/C=C\NC)Nc1cc(CN2CCC[C@H](NC(=O)OC(C)(C)C)C2)cc(-c2ccc(C)nc2)c1. The van der Waals surface area contributed by atoms with Crippen LogP contribution >= 0.6 is 0 Å². The zero-order valence-corrected chi connectivity index (χ0v) is 23.4. The van der Waals surface area contributed by atoms with Crippen molar-refractivity contribution >= 4 is 11.8 Å². The van der Waals surface area contributed by atoms with Crippen molar-refractivity contribution in [3.8, 4) is 11.1 Å². The molecule has 1 aromatic heterocycles. The van der Waals surface area contributed by atoms with Crippen LogP contribution in [-0.4, -0.2) is 53.8 Å². The lowest BCUT2D eigenvalue weighted by Gasteiger charge is -2.33. The molecule has 2 atom stereocenters. The number of hydrogen-bond acceptors (Lipinski definition) is 6. The molecule has 0 radical (unpaired) electrons. The molecule has 3 N–H and O–H groups in total. The lowest BCUT2D eigenvalue weighted by molar-refractivity contribution is 0.0470. The number of alkyl carbamates (subject to hydrolysis) is 1. The Morgan fingerprint density at radius 2 is 2.05 bits per heavy atom. The number of hydrogen-bond donors (Lipinski definition) is 3. The molecule has 1 saturated heterocycles. The van der Waals surface area contributed by atoms with E-state index < -0.39 is 5.60 Å². The van der Waals surface area contributed by atoms with Crippen LogP contribution in [0.4, 0.5) is 10.5 Å². The molecule has 0 spiro atoms. The van der Waals surface area contributed by atoms with Crippen LogP contribution in [0.1, 0.15) is 64.6 Å². The minimum Gasteiger partial charge on any atom is -0.444 e. The van der Waals surface area contributed by atoms with E-state index in [0.717, 1.165) is 67.8 Å². The molecule has 0 bridgehead atoms. The van der Waals surface area contributed by atoms with Gasteiger partial charge in [0, 0.05) is 55.4 Å². The first-order chi connectivity index (χ1) is 17.6. The highest BCUT2D eigenvalue weighted by Gasteiger charge is 2.24. The average molecular weight is 508 g/mol. The van der Waals surface area contributed by atoms with Gasteiger partial charge in [-0.05, 0) is 102 Å². The normalized spacial score (nSPS) is 17.4. The molecule has 202 valence electrons. The third-order valence-electron chi connectivity index (χ3n) is 6.44. The number of pyridine rings is 1. The fourth-order valence-corrected chi connectivity index (χ4v) is 4.63. The van der Waals surface area contributed by atoms with Gasteiger partial charge in [0.1, 0.15) is 5.60 Å². The van der Waals surface area contributed by atoms with Crippen LogP contribution in [0.5, 0.6) is 0 Å². The molecule has 1 unspecified atom stereocenters. The van der Waals surface area contributed by atoms with Crippen LogP contribution in [0.25, 0.3) is 11.1 Å². The van der Waals surface area contributed by atoms with Crippen LogP contribution < -0.4 is 16.0 Å². The second-order valence-electron chi connectivity index (χ2n) is 11.0. The van der Waals surface area contributed by atoms with Crippen molar-refractivity contribution < 1.29 is 9.53 Å². The fraction of sp³-hybridized carbons (Fsp3) is 0.533. The number of nitrogens with one attached hydrogen (secondary N) is 3.